The minimum Gasteiger partial charge on any atom is -0.327 e. The average Bonchev–Trinajstić information content (AvgIpc) is 2.42. The van der Waals surface area contributed by atoms with Gasteiger partial charge in [-0.2, -0.15) is 0 Å². The SMILES string of the molecule is CCCCOP(=O)(CN(CC)CC)CN(CC)CC. The van der Waals surface area contributed by atoms with E-state index in [9.17, 15) is 4.57 Å². The lowest BCUT2D eigenvalue weighted by atomic mass is 10.4. The highest BCUT2D eigenvalue weighted by Crippen LogP contribution is 2.48. The maximum absolute atomic E-state index is 13.0. The van der Waals surface area contributed by atoms with Gasteiger partial charge in [0.05, 0.1) is 19.2 Å². The van der Waals surface area contributed by atoms with Gasteiger partial charge in [0.2, 0.25) is 7.37 Å². The van der Waals surface area contributed by atoms with Crippen LogP contribution in [0.25, 0.3) is 0 Å². The van der Waals surface area contributed by atoms with Crippen LogP contribution < -0.4 is 0 Å². The Bertz CT molecular complexity index is 236. The van der Waals surface area contributed by atoms with Gasteiger partial charge >= 0.3 is 0 Å². The first kappa shape index (κ1) is 19.1. The third-order valence-electron chi connectivity index (χ3n) is 3.44. The molecule has 0 saturated heterocycles. The number of rotatable bonds is 12. The van der Waals surface area contributed by atoms with Gasteiger partial charge in [-0.15, -0.1) is 0 Å². The summed E-state index contributed by atoms with van der Waals surface area (Å²) in [5.74, 6) is 0. The number of hydrogen-bond acceptors (Lipinski definition) is 4. The molecular formula is C14H33N2O2P. The van der Waals surface area contributed by atoms with E-state index >= 15 is 0 Å². The Kier molecular flexibility index (Phi) is 10.9. The van der Waals surface area contributed by atoms with Gasteiger partial charge in [-0.05, 0) is 32.6 Å². The highest BCUT2D eigenvalue weighted by atomic mass is 31.2. The lowest BCUT2D eigenvalue weighted by Gasteiger charge is -2.29. The first-order valence-electron chi connectivity index (χ1n) is 7.72. The molecule has 0 atom stereocenters. The summed E-state index contributed by atoms with van der Waals surface area (Å²) < 4.78 is 18.8. The van der Waals surface area contributed by atoms with E-state index in [0.717, 1.165) is 39.0 Å². The van der Waals surface area contributed by atoms with Crippen molar-refractivity contribution >= 4 is 7.37 Å². The minimum atomic E-state index is -2.58. The summed E-state index contributed by atoms with van der Waals surface area (Å²) in [5, 5.41) is 0. The summed E-state index contributed by atoms with van der Waals surface area (Å²) >= 11 is 0. The highest BCUT2D eigenvalue weighted by Gasteiger charge is 2.27. The van der Waals surface area contributed by atoms with Gasteiger partial charge in [-0.25, -0.2) is 0 Å². The Labute approximate surface area is 119 Å². The zero-order chi connectivity index (χ0) is 14.7. The topological polar surface area (TPSA) is 32.8 Å². The summed E-state index contributed by atoms with van der Waals surface area (Å²) in [6.07, 6.45) is 3.23. The molecule has 0 heterocycles. The van der Waals surface area contributed by atoms with Crippen LogP contribution in [0.5, 0.6) is 0 Å². The van der Waals surface area contributed by atoms with Crippen LogP contribution in [0.15, 0.2) is 0 Å². The predicted octanol–water partition coefficient (Wildman–Crippen LogP) is 3.68. The maximum atomic E-state index is 13.0. The van der Waals surface area contributed by atoms with Gasteiger partial charge in [0.15, 0.2) is 0 Å². The van der Waals surface area contributed by atoms with Crippen molar-refractivity contribution in [2.75, 3.05) is 45.4 Å². The number of hydrogen-bond donors (Lipinski definition) is 0. The van der Waals surface area contributed by atoms with Gasteiger partial charge in [0, 0.05) is 0 Å². The molecule has 0 amide bonds. The molecule has 0 aromatic carbocycles. The zero-order valence-electron chi connectivity index (χ0n) is 13.5. The van der Waals surface area contributed by atoms with E-state index in [1.165, 1.54) is 0 Å². The maximum Gasteiger partial charge on any atom is 0.230 e. The quantitative estimate of drug-likeness (QED) is 0.406. The molecule has 0 N–H and O–H groups in total. The van der Waals surface area contributed by atoms with Crippen molar-refractivity contribution in [2.45, 2.75) is 47.5 Å². The fourth-order valence-corrected chi connectivity index (χ4v) is 4.69. The van der Waals surface area contributed by atoms with Crippen LogP contribution >= 0.6 is 7.37 Å². The Morgan fingerprint density at radius 3 is 1.58 bits per heavy atom. The van der Waals surface area contributed by atoms with Crippen molar-refractivity contribution in [1.82, 2.24) is 9.80 Å². The third-order valence-corrected chi connectivity index (χ3v) is 5.76. The Morgan fingerprint density at radius 2 is 1.26 bits per heavy atom. The Hall–Kier alpha value is 0.110. The summed E-state index contributed by atoms with van der Waals surface area (Å²) in [6.45, 7) is 14.9. The molecule has 0 spiro atoms. The molecule has 0 saturated carbocycles. The zero-order valence-corrected chi connectivity index (χ0v) is 14.4. The minimum absolute atomic E-state index is 0.584. The van der Waals surface area contributed by atoms with Gasteiger partial charge in [-0.1, -0.05) is 41.0 Å². The van der Waals surface area contributed by atoms with E-state index in [4.69, 9.17) is 4.52 Å². The molecule has 0 rings (SSSR count). The molecule has 0 aliphatic rings. The third kappa shape index (κ3) is 8.09. The Balaban J connectivity index is 4.64. The van der Waals surface area contributed by atoms with Gasteiger partial charge < -0.3 is 4.52 Å². The molecule has 5 heteroatoms. The van der Waals surface area contributed by atoms with E-state index in [0.29, 0.717) is 19.2 Å². The molecule has 0 fully saturated rings. The van der Waals surface area contributed by atoms with Crippen LogP contribution in [-0.4, -0.2) is 55.2 Å². The van der Waals surface area contributed by atoms with Crippen molar-refractivity contribution in [3.05, 3.63) is 0 Å². The van der Waals surface area contributed by atoms with Crippen molar-refractivity contribution in [1.29, 1.82) is 0 Å². The monoisotopic (exact) mass is 292 g/mol. The van der Waals surface area contributed by atoms with Crippen LogP contribution in [0.1, 0.15) is 47.5 Å². The van der Waals surface area contributed by atoms with Gasteiger partial charge in [0.1, 0.15) is 0 Å². The van der Waals surface area contributed by atoms with Crippen LogP contribution in [0, 0.1) is 0 Å². The lowest BCUT2D eigenvalue weighted by Crippen LogP contribution is -2.30. The second-order valence-corrected chi connectivity index (χ2v) is 7.34. The van der Waals surface area contributed by atoms with Crippen molar-refractivity contribution in [3.63, 3.8) is 0 Å². The smallest absolute Gasteiger partial charge is 0.230 e. The summed E-state index contributed by atoms with van der Waals surface area (Å²) in [7, 11) is -2.58. The fourth-order valence-electron chi connectivity index (χ4n) is 1.96. The molecule has 0 unspecified atom stereocenters. The van der Waals surface area contributed by atoms with Crippen LogP contribution in [0.4, 0.5) is 0 Å². The van der Waals surface area contributed by atoms with Crippen LogP contribution in [0.2, 0.25) is 0 Å². The summed E-state index contributed by atoms with van der Waals surface area (Å²) in [5.41, 5.74) is 0. The molecule has 0 radical (unpaired) electrons. The van der Waals surface area contributed by atoms with E-state index < -0.39 is 7.37 Å². The normalized spacial score (nSPS) is 12.6. The first-order valence-corrected chi connectivity index (χ1v) is 9.71. The molecule has 0 aliphatic heterocycles. The van der Waals surface area contributed by atoms with Gasteiger partial charge in [-0.3, -0.25) is 14.4 Å². The second-order valence-electron chi connectivity index (χ2n) is 4.89. The highest BCUT2D eigenvalue weighted by molar-refractivity contribution is 7.58. The number of nitrogens with zero attached hydrogens (tertiary/aromatic N) is 2. The van der Waals surface area contributed by atoms with Crippen LogP contribution in [-0.2, 0) is 9.09 Å². The van der Waals surface area contributed by atoms with E-state index in [1.807, 2.05) is 0 Å². The summed E-state index contributed by atoms with van der Waals surface area (Å²) in [6, 6.07) is 0. The first-order chi connectivity index (χ1) is 9.05. The fraction of sp³-hybridized carbons (Fsp3) is 1.00. The molecule has 0 bridgehead atoms. The standard InChI is InChI=1S/C14H33N2O2P/c1-6-11-12-18-19(17,13-15(7-2)8-3)14-16(9-4)10-5/h6-14H2,1-5H3. The lowest BCUT2D eigenvalue weighted by molar-refractivity contribution is 0.253. The van der Waals surface area contributed by atoms with Crippen molar-refractivity contribution in [3.8, 4) is 0 Å². The molecule has 4 nitrogen and oxygen atoms in total. The van der Waals surface area contributed by atoms with Crippen molar-refractivity contribution < 1.29 is 9.09 Å². The average molecular weight is 292 g/mol. The molecule has 116 valence electrons. The predicted molar refractivity (Wildman–Crippen MR) is 84.0 cm³/mol. The van der Waals surface area contributed by atoms with Crippen LogP contribution in [0.3, 0.4) is 0 Å². The van der Waals surface area contributed by atoms with Gasteiger partial charge in [0.25, 0.3) is 0 Å². The largest absolute Gasteiger partial charge is 0.327 e. The molecular weight excluding hydrogens is 259 g/mol. The number of unbranched alkanes of at least 4 members (excludes halogenated alkanes) is 1. The molecule has 0 aliphatic carbocycles. The molecule has 0 aromatic rings. The summed E-state index contributed by atoms with van der Waals surface area (Å²) in [4.78, 5) is 4.41. The molecule has 19 heavy (non-hydrogen) atoms. The Morgan fingerprint density at radius 1 is 0.842 bits per heavy atom. The van der Waals surface area contributed by atoms with E-state index in [1.54, 1.807) is 0 Å². The second kappa shape index (κ2) is 10.8. The van der Waals surface area contributed by atoms with E-state index in [2.05, 4.69) is 44.4 Å². The van der Waals surface area contributed by atoms with E-state index in [-0.39, 0.29) is 0 Å². The molecule has 0 aromatic heterocycles. The van der Waals surface area contributed by atoms with Crippen molar-refractivity contribution in [2.24, 2.45) is 0 Å².